The third-order valence-corrected chi connectivity index (χ3v) is 0.959. The van der Waals surface area contributed by atoms with Gasteiger partial charge >= 0.3 is 5.97 Å². The molecule has 62 valence electrons. The van der Waals surface area contributed by atoms with Gasteiger partial charge in [0.1, 0.15) is 11.3 Å². The van der Waals surface area contributed by atoms with Crippen LogP contribution in [0.1, 0.15) is 6.92 Å². The molecule has 0 fully saturated rings. The van der Waals surface area contributed by atoms with Gasteiger partial charge in [0.25, 0.3) is 0 Å². The van der Waals surface area contributed by atoms with Gasteiger partial charge in [0.05, 0.1) is 6.10 Å². The molecule has 0 aromatic rings. The van der Waals surface area contributed by atoms with Gasteiger partial charge in [-0.25, -0.2) is 4.79 Å². The number of hydrogen-bond acceptors (Lipinski definition) is 5. The van der Waals surface area contributed by atoms with Gasteiger partial charge in [0.15, 0.2) is 0 Å². The highest BCUT2D eigenvalue weighted by Gasteiger charge is 2.19. The van der Waals surface area contributed by atoms with E-state index >= 15 is 0 Å². The molecule has 11 heavy (non-hydrogen) atoms. The fraction of sp³-hybridized carbons (Fsp3) is 0.750. The lowest BCUT2D eigenvalue weighted by molar-refractivity contribution is -0.147. The van der Waals surface area contributed by atoms with Crippen molar-refractivity contribution in [2.24, 2.45) is 11.0 Å². The molecule has 2 unspecified atom stereocenters. The maximum atomic E-state index is 10.6. The van der Waals surface area contributed by atoms with Gasteiger partial charge < -0.3 is 15.7 Å². The van der Waals surface area contributed by atoms with Gasteiger partial charge in [-0.15, -0.1) is 0 Å². The molecule has 0 heterocycles. The molecule has 0 saturated heterocycles. The molecule has 0 rings (SSSR count). The quantitative estimate of drug-likeness (QED) is 0.249. The Morgan fingerprint density at radius 2 is 2.45 bits per heavy atom. The summed E-state index contributed by atoms with van der Waals surface area (Å²) >= 11 is 0. The van der Waals surface area contributed by atoms with Crippen LogP contribution in [0.2, 0.25) is 0 Å². The predicted molar refractivity (Wildman–Crippen MR) is 34.9 cm³/mol. The molecule has 7 heteroatoms. The highest BCUT2D eigenvalue weighted by Crippen LogP contribution is 1.92. The normalized spacial score (nSPS) is 14.5. The molecule has 0 aliphatic heterocycles. The molecule has 0 saturated carbocycles. The Morgan fingerprint density at radius 1 is 1.91 bits per heavy atom. The van der Waals surface area contributed by atoms with Crippen LogP contribution >= 0.6 is 0 Å². The lowest BCUT2D eigenvalue weighted by atomic mass is 10.2. The van der Waals surface area contributed by atoms with Crippen LogP contribution in [0.15, 0.2) is 5.28 Å². The van der Waals surface area contributed by atoms with Crippen LogP contribution in [0.4, 0.5) is 0 Å². The van der Waals surface area contributed by atoms with E-state index in [1.54, 1.807) is 0 Å². The Balaban J connectivity index is 3.92. The fourth-order valence-corrected chi connectivity index (χ4v) is 0.316. The van der Waals surface area contributed by atoms with Gasteiger partial charge in [-0.05, 0) is 12.5 Å². The number of carbonyl (C=O) groups excluding carboxylic acids is 1. The molecule has 7 nitrogen and oxygen atoms in total. The maximum Gasteiger partial charge on any atom is 0.337 e. The zero-order chi connectivity index (χ0) is 8.85. The molecule has 2 atom stereocenters. The summed E-state index contributed by atoms with van der Waals surface area (Å²) < 4.78 is 0. The molecule has 3 N–H and O–H groups in total. The van der Waals surface area contributed by atoms with Crippen molar-refractivity contribution < 1.29 is 14.7 Å². The Morgan fingerprint density at radius 3 is 2.82 bits per heavy atom. The maximum absolute atomic E-state index is 10.6. The van der Waals surface area contributed by atoms with Crippen molar-refractivity contribution in [3.05, 3.63) is 10.4 Å². The Hall–Kier alpha value is -1.30. The first-order valence-electron chi connectivity index (χ1n) is 2.78. The van der Waals surface area contributed by atoms with Crippen LogP contribution in [-0.2, 0) is 9.63 Å². The number of carbonyl (C=O) groups is 1. The molecule has 0 aliphatic carbocycles. The molecule has 0 spiro atoms. The molecule has 0 aliphatic rings. The van der Waals surface area contributed by atoms with Crippen LogP contribution < -0.4 is 5.73 Å². The number of aliphatic hydroxyl groups is 1. The first kappa shape index (κ1) is 9.70. The number of aliphatic hydroxyl groups excluding tert-OH is 1. The molecule has 0 bridgehead atoms. The summed E-state index contributed by atoms with van der Waals surface area (Å²) in [7, 11) is 0. The summed E-state index contributed by atoms with van der Waals surface area (Å²) in [5, 5.41) is 11.2. The second-order valence-corrected chi connectivity index (χ2v) is 1.85. The minimum atomic E-state index is -1.18. The minimum Gasteiger partial charge on any atom is -0.391 e. The van der Waals surface area contributed by atoms with E-state index in [1.807, 2.05) is 0 Å². The molecular weight excluding hydrogens is 152 g/mol. The van der Waals surface area contributed by atoms with E-state index < -0.39 is 18.1 Å². The van der Waals surface area contributed by atoms with Crippen molar-refractivity contribution in [2.75, 3.05) is 0 Å². The van der Waals surface area contributed by atoms with Crippen molar-refractivity contribution in [2.45, 2.75) is 19.1 Å². The minimum absolute atomic E-state index is 0.960. The molecule has 0 amide bonds. The summed E-state index contributed by atoms with van der Waals surface area (Å²) in [4.78, 5) is 16.6. The van der Waals surface area contributed by atoms with E-state index in [9.17, 15) is 4.79 Å². The van der Waals surface area contributed by atoms with Crippen molar-refractivity contribution in [1.29, 1.82) is 0 Å². The van der Waals surface area contributed by atoms with E-state index in [1.165, 1.54) is 6.92 Å². The van der Waals surface area contributed by atoms with Crippen molar-refractivity contribution in [1.82, 2.24) is 0 Å². The van der Waals surface area contributed by atoms with Gasteiger partial charge in [-0.3, -0.25) is 0 Å². The topological polar surface area (TPSA) is 121 Å². The highest BCUT2D eigenvalue weighted by molar-refractivity contribution is 5.75. The van der Waals surface area contributed by atoms with E-state index in [0.717, 1.165) is 0 Å². The molecule has 0 aromatic heterocycles. The highest BCUT2D eigenvalue weighted by atomic mass is 16.7. The van der Waals surface area contributed by atoms with E-state index in [-0.39, 0.29) is 0 Å². The zero-order valence-corrected chi connectivity index (χ0v) is 5.84. The lowest BCUT2D eigenvalue weighted by Crippen LogP contribution is -2.40. The summed E-state index contributed by atoms with van der Waals surface area (Å²) in [5.41, 5.74) is 12.8. The van der Waals surface area contributed by atoms with Gasteiger partial charge in [0.2, 0.25) is 0 Å². The number of nitrogens with two attached hydrogens (primary N) is 1. The summed E-state index contributed by atoms with van der Waals surface area (Å²) in [5.74, 6) is -0.960. The van der Waals surface area contributed by atoms with Crippen LogP contribution in [0.25, 0.3) is 10.4 Å². The summed E-state index contributed by atoms with van der Waals surface area (Å²) in [6.07, 6.45) is -1.03. The first-order chi connectivity index (χ1) is 5.09. The Labute approximate surface area is 62.3 Å². The van der Waals surface area contributed by atoms with Crippen molar-refractivity contribution in [3.8, 4) is 0 Å². The monoisotopic (exact) mass is 160 g/mol. The number of hydrogen-bond donors (Lipinski definition) is 2. The van der Waals surface area contributed by atoms with Crippen molar-refractivity contribution in [3.63, 3.8) is 0 Å². The SMILES string of the molecule is CC(O)C(N)C(=O)ON=[N+]=[N-]. The molecule has 0 radical (unpaired) electrons. The number of azide groups is 1. The average molecular weight is 160 g/mol. The standard InChI is InChI=1S/C4H8N4O3/c1-2(9)3(5)4(10)11-8-7-6/h2-3,9H,5H2,1H3. The number of rotatable bonds is 3. The third-order valence-electron chi connectivity index (χ3n) is 0.959. The second kappa shape index (κ2) is 4.51. The average Bonchev–Trinajstić information content (AvgIpc) is 1.98. The Bertz CT molecular complexity index is 186. The predicted octanol–water partition coefficient (Wildman–Crippen LogP) is -0.537. The molecular formula is C4H8N4O3. The van der Waals surface area contributed by atoms with Crippen LogP contribution in [-0.4, -0.2) is 23.2 Å². The van der Waals surface area contributed by atoms with E-state index in [4.69, 9.17) is 16.4 Å². The fourth-order valence-electron chi connectivity index (χ4n) is 0.316. The number of nitrogens with zero attached hydrogens (tertiary/aromatic N) is 3. The van der Waals surface area contributed by atoms with Gasteiger partial charge in [0, 0.05) is 4.91 Å². The largest absolute Gasteiger partial charge is 0.391 e. The van der Waals surface area contributed by atoms with E-state index in [0.29, 0.717) is 0 Å². The van der Waals surface area contributed by atoms with Crippen LogP contribution in [0.5, 0.6) is 0 Å². The summed E-state index contributed by atoms with van der Waals surface area (Å²) in [6.45, 7) is 1.32. The summed E-state index contributed by atoms with van der Waals surface area (Å²) in [6, 6.07) is -1.18. The third kappa shape index (κ3) is 3.41. The Kier molecular flexibility index (Phi) is 3.97. The first-order valence-corrected chi connectivity index (χ1v) is 2.78. The molecule has 0 aromatic carbocycles. The van der Waals surface area contributed by atoms with Gasteiger partial charge in [-0.2, -0.15) is 0 Å². The smallest absolute Gasteiger partial charge is 0.337 e. The van der Waals surface area contributed by atoms with Crippen molar-refractivity contribution >= 4 is 5.97 Å². The van der Waals surface area contributed by atoms with Gasteiger partial charge in [-0.1, -0.05) is 0 Å². The van der Waals surface area contributed by atoms with E-state index in [2.05, 4.69) is 15.0 Å². The van der Waals surface area contributed by atoms with Crippen LogP contribution in [0, 0.1) is 0 Å². The van der Waals surface area contributed by atoms with Crippen LogP contribution in [0.3, 0.4) is 0 Å². The zero-order valence-electron chi connectivity index (χ0n) is 5.84. The second-order valence-electron chi connectivity index (χ2n) is 1.85. The lowest BCUT2D eigenvalue weighted by Gasteiger charge is -2.09.